The van der Waals surface area contributed by atoms with Crippen molar-refractivity contribution >= 4 is 17.5 Å². The van der Waals surface area contributed by atoms with Crippen molar-refractivity contribution in [2.75, 3.05) is 18.5 Å². The maximum atomic E-state index is 12.9. The molecule has 0 saturated carbocycles. The van der Waals surface area contributed by atoms with Crippen molar-refractivity contribution in [1.29, 1.82) is 0 Å². The summed E-state index contributed by atoms with van der Waals surface area (Å²) < 4.78 is 18.5. The fourth-order valence-corrected chi connectivity index (χ4v) is 2.81. The molecule has 2 amide bonds. The van der Waals surface area contributed by atoms with Gasteiger partial charge in [0.2, 0.25) is 11.8 Å². The lowest BCUT2D eigenvalue weighted by molar-refractivity contribution is -0.125. The first-order valence-electron chi connectivity index (χ1n) is 8.06. The van der Waals surface area contributed by atoms with E-state index in [9.17, 15) is 14.0 Å². The molecule has 0 bridgehead atoms. The Morgan fingerprint density at radius 2 is 1.88 bits per heavy atom. The predicted molar refractivity (Wildman–Crippen MR) is 91.7 cm³/mol. The second-order valence-corrected chi connectivity index (χ2v) is 5.93. The van der Waals surface area contributed by atoms with E-state index in [2.05, 4.69) is 5.32 Å². The van der Waals surface area contributed by atoms with E-state index >= 15 is 0 Å². The topological polar surface area (TPSA) is 58.6 Å². The number of carbonyl (C=O) groups excluding carboxylic acids is 2. The van der Waals surface area contributed by atoms with Gasteiger partial charge in [-0.1, -0.05) is 12.1 Å². The van der Waals surface area contributed by atoms with E-state index in [1.165, 1.54) is 12.1 Å². The van der Waals surface area contributed by atoms with Gasteiger partial charge in [-0.3, -0.25) is 9.59 Å². The molecule has 0 unspecified atom stereocenters. The zero-order chi connectivity index (χ0) is 17.8. The van der Waals surface area contributed by atoms with Crippen LogP contribution in [0.25, 0.3) is 0 Å². The largest absolute Gasteiger partial charge is 0.489 e. The Hall–Kier alpha value is -2.89. The summed E-state index contributed by atoms with van der Waals surface area (Å²) in [5.74, 6) is -0.114. The Labute approximate surface area is 145 Å². The number of hydrogen-bond acceptors (Lipinski definition) is 3. The van der Waals surface area contributed by atoms with E-state index < -0.39 is 0 Å². The van der Waals surface area contributed by atoms with Gasteiger partial charge in [-0.2, -0.15) is 0 Å². The Balaban J connectivity index is 1.61. The lowest BCUT2D eigenvalue weighted by atomic mass is 10.1. The molecule has 1 heterocycles. The number of benzene rings is 2. The molecule has 6 heteroatoms. The maximum absolute atomic E-state index is 12.9. The lowest BCUT2D eigenvalue weighted by Crippen LogP contribution is -2.30. The maximum Gasteiger partial charge on any atom is 0.227 e. The van der Waals surface area contributed by atoms with Crippen molar-refractivity contribution < 1.29 is 18.7 Å². The number of nitrogens with zero attached hydrogens (tertiary/aromatic N) is 1. The molecule has 0 radical (unpaired) electrons. The van der Waals surface area contributed by atoms with Crippen molar-refractivity contribution in [3.63, 3.8) is 0 Å². The molecule has 1 N–H and O–H groups in total. The van der Waals surface area contributed by atoms with Gasteiger partial charge in [-0.25, -0.2) is 4.39 Å². The van der Waals surface area contributed by atoms with Gasteiger partial charge in [-0.05, 0) is 42.0 Å². The highest BCUT2D eigenvalue weighted by Gasteiger charge is 2.34. The van der Waals surface area contributed by atoms with E-state index in [0.29, 0.717) is 18.9 Å². The van der Waals surface area contributed by atoms with E-state index in [1.54, 1.807) is 48.3 Å². The number of amides is 2. The second-order valence-electron chi connectivity index (χ2n) is 5.93. The average Bonchev–Trinajstić information content (AvgIpc) is 3.03. The van der Waals surface area contributed by atoms with E-state index in [4.69, 9.17) is 4.74 Å². The fraction of sp³-hybridized carbons (Fsp3) is 0.263. The summed E-state index contributed by atoms with van der Waals surface area (Å²) in [4.78, 5) is 25.4. The van der Waals surface area contributed by atoms with Gasteiger partial charge in [0.25, 0.3) is 0 Å². The fourth-order valence-electron chi connectivity index (χ4n) is 2.81. The molecule has 2 aromatic carbocycles. The smallest absolute Gasteiger partial charge is 0.227 e. The zero-order valence-electron chi connectivity index (χ0n) is 13.9. The Morgan fingerprint density at radius 3 is 2.52 bits per heavy atom. The summed E-state index contributed by atoms with van der Waals surface area (Å²) in [5, 5.41) is 2.58. The highest BCUT2D eigenvalue weighted by Crippen LogP contribution is 2.27. The van der Waals surface area contributed by atoms with Crippen LogP contribution in [0.3, 0.4) is 0 Å². The Morgan fingerprint density at radius 1 is 1.20 bits per heavy atom. The standard InChI is InChI=1S/C19H19FN2O3/c1-21-19(24)14-10-18(23)22(11-14)16-6-8-17(9-7-16)25-12-13-2-4-15(20)5-3-13/h2-9,14H,10-12H2,1H3,(H,21,24)/t14-/m1/s1. The third kappa shape index (κ3) is 3.96. The molecule has 5 nitrogen and oxygen atoms in total. The third-order valence-electron chi connectivity index (χ3n) is 4.21. The van der Waals surface area contributed by atoms with Gasteiger partial charge >= 0.3 is 0 Å². The first-order valence-corrected chi connectivity index (χ1v) is 8.06. The number of rotatable bonds is 5. The van der Waals surface area contributed by atoms with Gasteiger partial charge in [0.1, 0.15) is 18.2 Å². The van der Waals surface area contributed by atoms with E-state index in [-0.39, 0.29) is 30.0 Å². The molecule has 25 heavy (non-hydrogen) atoms. The van der Waals surface area contributed by atoms with E-state index in [0.717, 1.165) is 11.3 Å². The number of anilines is 1. The van der Waals surface area contributed by atoms with Crippen LogP contribution in [0.5, 0.6) is 5.75 Å². The number of nitrogens with one attached hydrogen (secondary N) is 1. The summed E-state index contributed by atoms with van der Waals surface area (Å²) in [5.41, 5.74) is 1.61. The normalized spacial score (nSPS) is 16.8. The summed E-state index contributed by atoms with van der Waals surface area (Å²) in [7, 11) is 1.57. The Kier molecular flexibility index (Phi) is 4.97. The van der Waals surface area contributed by atoms with Crippen molar-refractivity contribution in [3.05, 3.63) is 59.9 Å². The molecule has 1 aliphatic heterocycles. The van der Waals surface area contributed by atoms with Gasteiger partial charge in [0.15, 0.2) is 0 Å². The summed E-state index contributed by atoms with van der Waals surface area (Å²) in [6.45, 7) is 0.718. The molecular formula is C19H19FN2O3. The number of ether oxygens (including phenoxy) is 1. The molecular weight excluding hydrogens is 323 g/mol. The monoisotopic (exact) mass is 342 g/mol. The van der Waals surface area contributed by atoms with Crippen LogP contribution in [0.4, 0.5) is 10.1 Å². The van der Waals surface area contributed by atoms with Crippen LogP contribution < -0.4 is 15.0 Å². The van der Waals surface area contributed by atoms with Crippen molar-refractivity contribution in [1.82, 2.24) is 5.32 Å². The average molecular weight is 342 g/mol. The third-order valence-corrected chi connectivity index (χ3v) is 4.21. The highest BCUT2D eigenvalue weighted by atomic mass is 19.1. The molecule has 0 aromatic heterocycles. The second kappa shape index (κ2) is 7.34. The van der Waals surface area contributed by atoms with Gasteiger partial charge in [0, 0.05) is 25.7 Å². The minimum absolute atomic E-state index is 0.0615. The molecule has 3 rings (SSSR count). The van der Waals surface area contributed by atoms with Gasteiger partial charge in [0.05, 0.1) is 5.92 Å². The predicted octanol–water partition coefficient (Wildman–Crippen LogP) is 2.50. The first kappa shape index (κ1) is 17.0. The minimum Gasteiger partial charge on any atom is -0.489 e. The van der Waals surface area contributed by atoms with Crippen LogP contribution in [0.2, 0.25) is 0 Å². The molecule has 1 atom stereocenters. The van der Waals surface area contributed by atoms with Gasteiger partial charge in [-0.15, -0.1) is 0 Å². The quantitative estimate of drug-likeness (QED) is 0.908. The minimum atomic E-state index is -0.313. The van der Waals surface area contributed by atoms with Crippen molar-refractivity contribution in [2.24, 2.45) is 5.92 Å². The molecule has 1 saturated heterocycles. The number of halogens is 1. The molecule has 1 aliphatic rings. The van der Waals surface area contributed by atoms with Crippen LogP contribution in [-0.2, 0) is 16.2 Å². The van der Waals surface area contributed by atoms with Crippen molar-refractivity contribution in [3.8, 4) is 5.75 Å². The van der Waals surface area contributed by atoms with Crippen molar-refractivity contribution in [2.45, 2.75) is 13.0 Å². The summed E-state index contributed by atoms with van der Waals surface area (Å²) >= 11 is 0. The Bertz CT molecular complexity index is 759. The SMILES string of the molecule is CNC(=O)[C@@H]1CC(=O)N(c2ccc(OCc3ccc(F)cc3)cc2)C1. The zero-order valence-corrected chi connectivity index (χ0v) is 13.9. The highest BCUT2D eigenvalue weighted by molar-refractivity contribution is 6.00. The van der Waals surface area contributed by atoms with Crippen LogP contribution in [0, 0.1) is 11.7 Å². The molecule has 2 aromatic rings. The lowest BCUT2D eigenvalue weighted by Gasteiger charge is -2.17. The van der Waals surface area contributed by atoms with Crippen LogP contribution in [-0.4, -0.2) is 25.4 Å². The molecule has 130 valence electrons. The van der Waals surface area contributed by atoms with Crippen LogP contribution >= 0.6 is 0 Å². The number of carbonyl (C=O) groups is 2. The van der Waals surface area contributed by atoms with Crippen LogP contribution in [0.15, 0.2) is 48.5 Å². The van der Waals surface area contributed by atoms with E-state index in [1.807, 2.05) is 0 Å². The molecule has 0 aliphatic carbocycles. The van der Waals surface area contributed by atoms with Crippen LogP contribution in [0.1, 0.15) is 12.0 Å². The molecule has 1 fully saturated rings. The summed E-state index contributed by atoms with van der Waals surface area (Å²) in [6.07, 6.45) is 0.225. The summed E-state index contributed by atoms with van der Waals surface area (Å²) in [6, 6.07) is 13.3. The molecule has 0 spiro atoms. The number of hydrogen-bond donors (Lipinski definition) is 1. The van der Waals surface area contributed by atoms with Gasteiger partial charge < -0.3 is 15.0 Å². The first-order chi connectivity index (χ1) is 12.1.